The van der Waals surface area contributed by atoms with Gasteiger partial charge in [-0.25, -0.2) is 9.59 Å². The van der Waals surface area contributed by atoms with Gasteiger partial charge in [-0.2, -0.15) is 0 Å². The maximum Gasteiger partial charge on any atom is 0.410 e. The van der Waals surface area contributed by atoms with Crippen LogP contribution in [0.3, 0.4) is 0 Å². The van der Waals surface area contributed by atoms with E-state index in [1.807, 2.05) is 47.6 Å². The molecule has 1 aromatic carbocycles. The molecule has 38 heavy (non-hydrogen) atoms. The van der Waals surface area contributed by atoms with Crippen molar-refractivity contribution in [3.05, 3.63) is 61.0 Å². The van der Waals surface area contributed by atoms with Gasteiger partial charge in [0.15, 0.2) is 0 Å². The first-order chi connectivity index (χ1) is 17.9. The van der Waals surface area contributed by atoms with Gasteiger partial charge in [0, 0.05) is 30.3 Å². The molecule has 3 aromatic rings. The number of nitrogens with one attached hydrogen (secondary N) is 2. The fraction of sp³-hybridized carbons (Fsp3) is 0.481. The Morgan fingerprint density at radius 3 is 2.68 bits per heavy atom. The fourth-order valence-corrected chi connectivity index (χ4v) is 4.96. The van der Waals surface area contributed by atoms with Crippen LogP contribution >= 0.6 is 15.9 Å². The number of amides is 1. The summed E-state index contributed by atoms with van der Waals surface area (Å²) in [6.45, 7) is 13.1. The Bertz CT molecular complexity index is 1470. The van der Waals surface area contributed by atoms with Crippen LogP contribution in [0.15, 0.2) is 38.5 Å². The predicted octanol–water partition coefficient (Wildman–Crippen LogP) is 3.86. The molecule has 1 aliphatic heterocycles. The smallest absolute Gasteiger partial charge is 0.410 e. The SMILES string of the molecule is Cc1ccnc(C(C)C)c1-n1c(=O)[nH]c(=O)c2c(OC[C@H]3CN(C(=O)OC(C)(C)C)CCN3)cc(Br)cc21. The van der Waals surface area contributed by atoms with Gasteiger partial charge in [0.05, 0.1) is 22.9 Å². The summed E-state index contributed by atoms with van der Waals surface area (Å²) in [4.78, 5) is 47.4. The molecule has 2 N–H and O–H groups in total. The highest BCUT2D eigenvalue weighted by molar-refractivity contribution is 9.10. The van der Waals surface area contributed by atoms with Gasteiger partial charge in [0.1, 0.15) is 23.3 Å². The number of pyridine rings is 1. The van der Waals surface area contributed by atoms with E-state index in [0.717, 1.165) is 11.3 Å². The molecule has 1 saturated heterocycles. The van der Waals surface area contributed by atoms with Gasteiger partial charge in [-0.1, -0.05) is 29.8 Å². The van der Waals surface area contributed by atoms with Crippen LogP contribution in [0.2, 0.25) is 0 Å². The number of halogens is 1. The molecule has 0 saturated carbocycles. The van der Waals surface area contributed by atoms with Gasteiger partial charge in [0.25, 0.3) is 5.56 Å². The van der Waals surface area contributed by atoms with Crippen LogP contribution in [0.1, 0.15) is 51.8 Å². The maximum atomic E-state index is 13.2. The Morgan fingerprint density at radius 1 is 1.26 bits per heavy atom. The van der Waals surface area contributed by atoms with Gasteiger partial charge in [-0.3, -0.25) is 19.3 Å². The normalized spacial score (nSPS) is 16.2. The number of aryl methyl sites for hydroxylation is 1. The number of piperazine rings is 1. The summed E-state index contributed by atoms with van der Waals surface area (Å²) in [5.41, 5.74) is 0.983. The Kier molecular flexibility index (Phi) is 7.98. The van der Waals surface area contributed by atoms with E-state index in [-0.39, 0.29) is 30.0 Å². The number of carbonyl (C=O) groups excluding carboxylic acids is 1. The molecular weight excluding hydrogens is 554 g/mol. The fourth-order valence-electron chi connectivity index (χ4n) is 4.54. The van der Waals surface area contributed by atoms with Crippen molar-refractivity contribution in [2.75, 3.05) is 26.2 Å². The Morgan fingerprint density at radius 2 is 2.00 bits per heavy atom. The zero-order chi connectivity index (χ0) is 27.8. The van der Waals surface area contributed by atoms with Crippen molar-refractivity contribution < 1.29 is 14.3 Å². The highest BCUT2D eigenvalue weighted by atomic mass is 79.9. The summed E-state index contributed by atoms with van der Waals surface area (Å²) in [6.07, 6.45) is 1.35. The molecule has 0 spiro atoms. The van der Waals surface area contributed by atoms with Crippen molar-refractivity contribution in [2.24, 2.45) is 0 Å². The van der Waals surface area contributed by atoms with E-state index in [4.69, 9.17) is 9.47 Å². The second-order valence-electron chi connectivity index (χ2n) is 10.8. The Hall–Kier alpha value is -3.18. The minimum absolute atomic E-state index is 0.0481. The second kappa shape index (κ2) is 10.9. The average molecular weight is 589 g/mol. The largest absolute Gasteiger partial charge is 0.491 e. The quantitative estimate of drug-likeness (QED) is 0.465. The van der Waals surface area contributed by atoms with Crippen LogP contribution in [0.25, 0.3) is 16.6 Å². The van der Waals surface area contributed by atoms with E-state index in [0.29, 0.717) is 41.1 Å². The van der Waals surface area contributed by atoms with Crippen molar-refractivity contribution in [2.45, 2.75) is 59.1 Å². The first-order valence-electron chi connectivity index (χ1n) is 12.6. The lowest BCUT2D eigenvalue weighted by atomic mass is 10.0. The highest BCUT2D eigenvalue weighted by Gasteiger charge is 2.28. The molecule has 1 amide bonds. The van der Waals surface area contributed by atoms with Crippen LogP contribution in [0.5, 0.6) is 5.75 Å². The molecule has 2 aromatic heterocycles. The summed E-state index contributed by atoms with van der Waals surface area (Å²) in [6, 6.07) is 5.10. The third-order valence-electron chi connectivity index (χ3n) is 6.21. The van der Waals surface area contributed by atoms with Crippen LogP contribution in [-0.2, 0) is 4.74 Å². The lowest BCUT2D eigenvalue weighted by molar-refractivity contribution is 0.0178. The summed E-state index contributed by atoms with van der Waals surface area (Å²) in [5.74, 6) is 0.375. The van der Waals surface area contributed by atoms with E-state index < -0.39 is 16.9 Å². The molecule has 4 rings (SSSR count). The van der Waals surface area contributed by atoms with Crippen LogP contribution < -0.4 is 21.3 Å². The number of benzene rings is 1. The molecule has 10 nitrogen and oxygen atoms in total. The molecule has 0 bridgehead atoms. The lowest BCUT2D eigenvalue weighted by Crippen LogP contribution is -2.55. The molecule has 11 heteroatoms. The first kappa shape index (κ1) is 27.8. The van der Waals surface area contributed by atoms with Gasteiger partial charge in [-0.15, -0.1) is 0 Å². The third-order valence-corrected chi connectivity index (χ3v) is 6.67. The van der Waals surface area contributed by atoms with Crippen LogP contribution in [0, 0.1) is 6.92 Å². The molecule has 1 fully saturated rings. The molecule has 0 aliphatic carbocycles. The Labute approximate surface area is 229 Å². The number of hydrogen-bond acceptors (Lipinski definition) is 7. The highest BCUT2D eigenvalue weighted by Crippen LogP contribution is 2.31. The van der Waals surface area contributed by atoms with Crippen molar-refractivity contribution in [1.29, 1.82) is 0 Å². The van der Waals surface area contributed by atoms with Crippen molar-refractivity contribution in [3.8, 4) is 11.4 Å². The zero-order valence-electron chi connectivity index (χ0n) is 22.6. The first-order valence-corrected chi connectivity index (χ1v) is 13.4. The second-order valence-corrected chi connectivity index (χ2v) is 11.7. The summed E-state index contributed by atoms with van der Waals surface area (Å²) in [5, 5.41) is 3.61. The number of aromatic nitrogens is 3. The number of nitrogens with zero attached hydrogens (tertiary/aromatic N) is 3. The van der Waals surface area contributed by atoms with E-state index in [1.54, 1.807) is 23.2 Å². The van der Waals surface area contributed by atoms with Gasteiger partial charge < -0.3 is 19.7 Å². The standard InChI is InChI=1S/C27H34BrN5O5/c1-15(2)22-23(16(3)7-8-30-22)33-19-11-17(28)12-20(21(19)24(34)31-25(33)35)37-14-18-13-32(10-9-29-18)26(36)38-27(4,5)6/h7-8,11-12,15,18,29H,9-10,13-14H2,1-6H3,(H,31,34,35)/t18-/m1/s1. The van der Waals surface area contributed by atoms with Crippen molar-refractivity contribution in [3.63, 3.8) is 0 Å². The van der Waals surface area contributed by atoms with Crippen molar-refractivity contribution >= 4 is 32.9 Å². The average Bonchev–Trinajstić information content (AvgIpc) is 2.82. The minimum atomic E-state index is -0.581. The van der Waals surface area contributed by atoms with Gasteiger partial charge in [0.2, 0.25) is 0 Å². The van der Waals surface area contributed by atoms with E-state index in [1.165, 1.54) is 4.57 Å². The van der Waals surface area contributed by atoms with E-state index in [2.05, 4.69) is 31.2 Å². The van der Waals surface area contributed by atoms with Crippen LogP contribution in [-0.4, -0.2) is 63.4 Å². The minimum Gasteiger partial charge on any atom is -0.491 e. The number of carbonyl (C=O) groups is 1. The lowest BCUT2D eigenvalue weighted by Gasteiger charge is -2.34. The number of hydrogen-bond donors (Lipinski definition) is 2. The van der Waals surface area contributed by atoms with Crippen LogP contribution in [0.4, 0.5) is 4.79 Å². The summed E-state index contributed by atoms with van der Waals surface area (Å²) >= 11 is 3.52. The predicted molar refractivity (Wildman–Crippen MR) is 150 cm³/mol. The number of fused-ring (bicyclic) bond motifs is 1. The summed E-state index contributed by atoms with van der Waals surface area (Å²) < 4.78 is 13.8. The third kappa shape index (κ3) is 5.94. The monoisotopic (exact) mass is 587 g/mol. The number of aromatic amines is 1. The van der Waals surface area contributed by atoms with Crippen molar-refractivity contribution in [1.82, 2.24) is 24.8 Å². The number of ether oxygens (including phenoxy) is 2. The number of H-pyrrole nitrogens is 1. The molecule has 3 heterocycles. The molecule has 1 aliphatic rings. The van der Waals surface area contributed by atoms with E-state index in [9.17, 15) is 14.4 Å². The van der Waals surface area contributed by atoms with Gasteiger partial charge in [-0.05, 0) is 57.4 Å². The summed E-state index contributed by atoms with van der Waals surface area (Å²) in [7, 11) is 0. The molecule has 204 valence electrons. The zero-order valence-corrected chi connectivity index (χ0v) is 24.1. The number of rotatable bonds is 5. The topological polar surface area (TPSA) is 119 Å². The molecule has 1 atom stereocenters. The van der Waals surface area contributed by atoms with Gasteiger partial charge >= 0.3 is 11.8 Å². The van der Waals surface area contributed by atoms with E-state index >= 15 is 0 Å². The molecule has 0 unspecified atom stereocenters. The molecule has 0 radical (unpaired) electrons. The molecular formula is C27H34BrN5O5. The maximum absolute atomic E-state index is 13.2. The Balaban J connectivity index is 1.71.